The van der Waals surface area contributed by atoms with Gasteiger partial charge in [0.05, 0.1) is 10.7 Å². The Bertz CT molecular complexity index is 502. The average molecular weight is 310 g/mol. The molecule has 1 amide bonds. The van der Waals surface area contributed by atoms with Crippen molar-refractivity contribution in [2.24, 2.45) is 5.92 Å². The van der Waals surface area contributed by atoms with Gasteiger partial charge in [-0.15, -0.1) is 0 Å². The molecule has 4 nitrogen and oxygen atoms in total. The predicted octanol–water partition coefficient (Wildman–Crippen LogP) is 3.37. The molecule has 0 heterocycles. The van der Waals surface area contributed by atoms with Gasteiger partial charge in [-0.2, -0.15) is 0 Å². The molecular formula is C16H24ClN3O. The molecule has 1 aliphatic carbocycles. The second kappa shape index (κ2) is 7.14. The summed E-state index contributed by atoms with van der Waals surface area (Å²) < 4.78 is 0. The number of benzene rings is 1. The molecule has 1 aromatic carbocycles. The first-order valence-corrected chi connectivity index (χ1v) is 7.90. The molecule has 2 rings (SSSR count). The van der Waals surface area contributed by atoms with Crippen molar-refractivity contribution in [2.75, 3.05) is 24.6 Å². The van der Waals surface area contributed by atoms with Crippen LogP contribution in [-0.4, -0.2) is 30.4 Å². The van der Waals surface area contributed by atoms with Crippen LogP contribution in [0.25, 0.3) is 0 Å². The van der Waals surface area contributed by atoms with E-state index in [4.69, 9.17) is 17.3 Å². The normalized spacial score (nSPS) is 16.0. The summed E-state index contributed by atoms with van der Waals surface area (Å²) in [4.78, 5) is 14.3. The lowest BCUT2D eigenvalue weighted by molar-refractivity contribution is -0.116. The Balaban J connectivity index is 1.70. The number of amides is 1. The summed E-state index contributed by atoms with van der Waals surface area (Å²) in [5.74, 6) is 0.880. The predicted molar refractivity (Wildman–Crippen MR) is 88.5 cm³/mol. The highest BCUT2D eigenvalue weighted by Crippen LogP contribution is 2.34. The van der Waals surface area contributed by atoms with Gasteiger partial charge in [-0.05, 0) is 63.9 Å². The summed E-state index contributed by atoms with van der Waals surface area (Å²) in [7, 11) is 2.14. The number of nitrogens with two attached hydrogens (primary N) is 1. The number of hydrogen-bond acceptors (Lipinski definition) is 3. The lowest BCUT2D eigenvalue weighted by atomic mass is 10.1. The van der Waals surface area contributed by atoms with E-state index in [0.29, 0.717) is 28.9 Å². The molecule has 1 saturated carbocycles. The molecule has 21 heavy (non-hydrogen) atoms. The molecule has 1 unspecified atom stereocenters. The van der Waals surface area contributed by atoms with Crippen LogP contribution in [0.2, 0.25) is 5.02 Å². The highest BCUT2D eigenvalue weighted by molar-refractivity contribution is 6.33. The highest BCUT2D eigenvalue weighted by Gasteiger charge is 2.30. The van der Waals surface area contributed by atoms with E-state index in [1.165, 1.54) is 12.8 Å². The van der Waals surface area contributed by atoms with E-state index in [-0.39, 0.29) is 5.91 Å². The van der Waals surface area contributed by atoms with Crippen LogP contribution in [-0.2, 0) is 4.79 Å². The Morgan fingerprint density at radius 1 is 1.52 bits per heavy atom. The van der Waals surface area contributed by atoms with Crippen LogP contribution in [0.4, 0.5) is 11.4 Å². The first kappa shape index (κ1) is 16.1. The summed E-state index contributed by atoms with van der Waals surface area (Å²) >= 11 is 5.85. The Morgan fingerprint density at radius 3 is 2.86 bits per heavy atom. The smallest absolute Gasteiger partial charge is 0.224 e. The number of nitrogens with zero attached hydrogens (tertiary/aromatic N) is 1. The second-order valence-electron chi connectivity index (χ2n) is 5.95. The van der Waals surface area contributed by atoms with Crippen molar-refractivity contribution in [3.05, 3.63) is 23.2 Å². The molecule has 0 radical (unpaired) electrons. The van der Waals surface area contributed by atoms with Crippen molar-refractivity contribution < 1.29 is 4.79 Å². The van der Waals surface area contributed by atoms with Crippen molar-refractivity contribution in [1.29, 1.82) is 0 Å². The molecule has 3 N–H and O–H groups in total. The van der Waals surface area contributed by atoms with Crippen LogP contribution in [0, 0.1) is 5.92 Å². The first-order valence-electron chi connectivity index (χ1n) is 7.52. The third-order valence-electron chi connectivity index (χ3n) is 4.19. The van der Waals surface area contributed by atoms with Crippen LogP contribution in [0.1, 0.15) is 32.6 Å². The van der Waals surface area contributed by atoms with Gasteiger partial charge < -0.3 is 16.0 Å². The maximum atomic E-state index is 11.9. The van der Waals surface area contributed by atoms with Crippen LogP contribution in [0.5, 0.6) is 0 Å². The third-order valence-corrected chi connectivity index (χ3v) is 4.54. The van der Waals surface area contributed by atoms with E-state index in [2.05, 4.69) is 24.2 Å². The largest absolute Gasteiger partial charge is 0.397 e. The van der Waals surface area contributed by atoms with Crippen molar-refractivity contribution >= 4 is 28.9 Å². The van der Waals surface area contributed by atoms with E-state index >= 15 is 0 Å². The number of carbonyl (C=O) groups is 1. The van der Waals surface area contributed by atoms with Gasteiger partial charge in [0, 0.05) is 18.2 Å². The minimum Gasteiger partial charge on any atom is -0.397 e. The third kappa shape index (κ3) is 4.90. The zero-order valence-electron chi connectivity index (χ0n) is 12.7. The van der Waals surface area contributed by atoms with Crippen LogP contribution in [0.3, 0.4) is 0 Å². The SMILES string of the molecule is CC(C1CC1)N(C)CCCC(=O)Nc1ccc(Cl)c(N)c1. The van der Waals surface area contributed by atoms with Crippen molar-refractivity contribution in [1.82, 2.24) is 4.90 Å². The minimum atomic E-state index is 0.0178. The number of hydrogen-bond donors (Lipinski definition) is 2. The molecule has 5 heteroatoms. The number of nitrogens with one attached hydrogen (secondary N) is 1. The standard InChI is InChI=1S/C16H24ClN3O/c1-11(12-5-6-12)20(2)9-3-4-16(21)19-13-7-8-14(17)15(18)10-13/h7-8,10-12H,3-6,9,18H2,1-2H3,(H,19,21). The molecule has 1 fully saturated rings. The van der Waals surface area contributed by atoms with E-state index in [9.17, 15) is 4.79 Å². The number of halogens is 1. The summed E-state index contributed by atoms with van der Waals surface area (Å²) in [6.07, 6.45) is 4.08. The van der Waals surface area contributed by atoms with Crippen LogP contribution < -0.4 is 11.1 Å². The Kier molecular flexibility index (Phi) is 5.48. The van der Waals surface area contributed by atoms with Crippen LogP contribution >= 0.6 is 11.6 Å². The van der Waals surface area contributed by atoms with Gasteiger partial charge in [0.2, 0.25) is 5.91 Å². The number of anilines is 2. The maximum absolute atomic E-state index is 11.9. The topological polar surface area (TPSA) is 58.4 Å². The van der Waals surface area contributed by atoms with Gasteiger partial charge in [0.1, 0.15) is 0 Å². The molecule has 116 valence electrons. The fourth-order valence-corrected chi connectivity index (χ4v) is 2.59. The van der Waals surface area contributed by atoms with E-state index in [0.717, 1.165) is 18.9 Å². The molecule has 0 bridgehead atoms. The summed E-state index contributed by atoms with van der Waals surface area (Å²) in [5.41, 5.74) is 6.89. The van der Waals surface area contributed by atoms with Gasteiger partial charge in [-0.3, -0.25) is 4.79 Å². The zero-order valence-corrected chi connectivity index (χ0v) is 13.5. The van der Waals surface area contributed by atoms with E-state index in [1.54, 1.807) is 18.2 Å². The maximum Gasteiger partial charge on any atom is 0.224 e. The average Bonchev–Trinajstić information content (AvgIpc) is 3.26. The fourth-order valence-electron chi connectivity index (χ4n) is 2.48. The Hall–Kier alpha value is -1.26. The van der Waals surface area contributed by atoms with Crippen molar-refractivity contribution in [2.45, 2.75) is 38.6 Å². The molecule has 0 aromatic heterocycles. The van der Waals surface area contributed by atoms with Crippen molar-refractivity contribution in [3.63, 3.8) is 0 Å². The molecule has 0 aliphatic heterocycles. The van der Waals surface area contributed by atoms with Gasteiger partial charge in [0.25, 0.3) is 0 Å². The molecule has 0 saturated heterocycles. The van der Waals surface area contributed by atoms with Gasteiger partial charge in [0.15, 0.2) is 0 Å². The number of rotatable bonds is 7. The summed E-state index contributed by atoms with van der Waals surface area (Å²) in [6, 6.07) is 5.76. The summed E-state index contributed by atoms with van der Waals surface area (Å²) in [6.45, 7) is 3.22. The quantitative estimate of drug-likeness (QED) is 0.759. The Labute approximate surface area is 131 Å². The molecular weight excluding hydrogens is 286 g/mol. The van der Waals surface area contributed by atoms with Crippen LogP contribution in [0.15, 0.2) is 18.2 Å². The zero-order chi connectivity index (χ0) is 15.4. The minimum absolute atomic E-state index is 0.0178. The van der Waals surface area contributed by atoms with E-state index < -0.39 is 0 Å². The lowest BCUT2D eigenvalue weighted by Gasteiger charge is -2.24. The van der Waals surface area contributed by atoms with Gasteiger partial charge in [-0.1, -0.05) is 11.6 Å². The number of nitrogen functional groups attached to an aromatic ring is 1. The van der Waals surface area contributed by atoms with Crippen molar-refractivity contribution in [3.8, 4) is 0 Å². The second-order valence-corrected chi connectivity index (χ2v) is 6.35. The molecule has 1 atom stereocenters. The fraction of sp³-hybridized carbons (Fsp3) is 0.562. The Morgan fingerprint density at radius 2 is 2.24 bits per heavy atom. The highest BCUT2D eigenvalue weighted by atomic mass is 35.5. The summed E-state index contributed by atoms with van der Waals surface area (Å²) in [5, 5.41) is 3.36. The monoisotopic (exact) mass is 309 g/mol. The van der Waals surface area contributed by atoms with Gasteiger partial charge in [-0.25, -0.2) is 0 Å². The van der Waals surface area contributed by atoms with Gasteiger partial charge >= 0.3 is 0 Å². The molecule has 1 aromatic rings. The lowest BCUT2D eigenvalue weighted by Crippen LogP contribution is -2.32. The first-order chi connectivity index (χ1) is 9.97. The molecule has 0 spiro atoms. The molecule has 1 aliphatic rings. The van der Waals surface area contributed by atoms with E-state index in [1.807, 2.05) is 0 Å². The number of carbonyl (C=O) groups excluding carboxylic acids is 1.